The minimum Gasteiger partial charge on any atom is -0.366 e. The van der Waals surface area contributed by atoms with Gasteiger partial charge in [-0.2, -0.15) is 0 Å². The van der Waals surface area contributed by atoms with E-state index in [0.29, 0.717) is 5.92 Å². The summed E-state index contributed by atoms with van der Waals surface area (Å²) in [6, 6.07) is 0. The lowest BCUT2D eigenvalue weighted by atomic mass is 9.78. The van der Waals surface area contributed by atoms with Crippen LogP contribution >= 0.6 is 0 Å². The largest absolute Gasteiger partial charge is 0.366 e. The number of rotatable bonds is 7. The Balaban J connectivity index is 2.32. The summed E-state index contributed by atoms with van der Waals surface area (Å²) in [6.07, 6.45) is 10.5. The van der Waals surface area contributed by atoms with Crippen molar-refractivity contribution in [2.75, 3.05) is 6.61 Å². The Morgan fingerprint density at radius 2 is 2.06 bits per heavy atom. The van der Waals surface area contributed by atoms with Crippen LogP contribution < -0.4 is 0 Å². The third-order valence-corrected chi connectivity index (χ3v) is 3.64. The molecule has 0 radical (unpaired) electrons. The molecule has 0 aromatic carbocycles. The maximum Gasteiger partial charge on any atom is 0.145 e. The highest BCUT2D eigenvalue weighted by Crippen LogP contribution is 2.34. The van der Waals surface area contributed by atoms with Crippen LogP contribution in [0.4, 0.5) is 0 Å². The Morgan fingerprint density at radius 1 is 1.38 bits per heavy atom. The summed E-state index contributed by atoms with van der Waals surface area (Å²) in [7, 11) is 0. The Hall–Kier alpha value is -0.630. The van der Waals surface area contributed by atoms with Crippen molar-refractivity contribution in [3.63, 3.8) is 0 Å². The zero-order valence-corrected chi connectivity index (χ0v) is 10.4. The fraction of sp³-hybridized carbons (Fsp3) is 0.786. The molecule has 0 bridgehead atoms. The number of hydrogen-bond donors (Lipinski definition) is 0. The van der Waals surface area contributed by atoms with Crippen molar-refractivity contribution in [2.45, 2.75) is 51.6 Å². The number of ether oxygens (including phenoxy) is 1. The van der Waals surface area contributed by atoms with Gasteiger partial charge in [0, 0.05) is 0 Å². The second kappa shape index (κ2) is 7.61. The molecule has 2 heteroatoms. The van der Waals surface area contributed by atoms with E-state index >= 15 is 0 Å². The summed E-state index contributed by atoms with van der Waals surface area (Å²) >= 11 is 0. The SMILES string of the molecule is C=CC(OCC=O)C1CCC(CCC)CC1. The van der Waals surface area contributed by atoms with Gasteiger partial charge in [0.1, 0.15) is 12.9 Å². The minimum atomic E-state index is 0.0766. The second-order valence-electron chi connectivity index (χ2n) is 4.77. The molecule has 1 aliphatic rings. The monoisotopic (exact) mass is 224 g/mol. The molecule has 0 spiro atoms. The van der Waals surface area contributed by atoms with Crippen molar-refractivity contribution in [3.05, 3.63) is 12.7 Å². The van der Waals surface area contributed by atoms with E-state index in [0.717, 1.165) is 12.2 Å². The standard InChI is InChI=1S/C14H24O2/c1-3-5-12-6-8-13(9-7-12)14(4-2)16-11-10-15/h4,10,12-14H,2-3,5-9,11H2,1H3. The number of hydrogen-bond acceptors (Lipinski definition) is 2. The van der Waals surface area contributed by atoms with Gasteiger partial charge in [-0.15, -0.1) is 6.58 Å². The first-order chi connectivity index (χ1) is 7.81. The fourth-order valence-electron chi connectivity index (χ4n) is 2.76. The smallest absolute Gasteiger partial charge is 0.145 e. The van der Waals surface area contributed by atoms with Crippen molar-refractivity contribution >= 4 is 6.29 Å². The Bertz CT molecular complexity index is 205. The van der Waals surface area contributed by atoms with E-state index in [4.69, 9.17) is 4.74 Å². The number of aldehydes is 1. The second-order valence-corrected chi connectivity index (χ2v) is 4.77. The van der Waals surface area contributed by atoms with Crippen LogP contribution in [-0.4, -0.2) is 19.0 Å². The van der Waals surface area contributed by atoms with E-state index in [9.17, 15) is 4.79 Å². The molecule has 1 fully saturated rings. The molecule has 0 amide bonds. The van der Waals surface area contributed by atoms with Crippen molar-refractivity contribution < 1.29 is 9.53 Å². The summed E-state index contributed by atoms with van der Waals surface area (Å²) in [5.41, 5.74) is 0. The molecular weight excluding hydrogens is 200 g/mol. The van der Waals surface area contributed by atoms with Gasteiger partial charge in [0.2, 0.25) is 0 Å². The first-order valence-electron chi connectivity index (χ1n) is 6.49. The van der Waals surface area contributed by atoms with Crippen molar-refractivity contribution in [1.29, 1.82) is 0 Å². The third-order valence-electron chi connectivity index (χ3n) is 3.64. The van der Waals surface area contributed by atoms with E-state index in [1.807, 2.05) is 6.08 Å². The lowest BCUT2D eigenvalue weighted by Crippen LogP contribution is -2.27. The average Bonchev–Trinajstić information content (AvgIpc) is 2.32. The van der Waals surface area contributed by atoms with Gasteiger partial charge in [0.25, 0.3) is 0 Å². The van der Waals surface area contributed by atoms with Crippen molar-refractivity contribution in [1.82, 2.24) is 0 Å². The summed E-state index contributed by atoms with van der Waals surface area (Å²) in [4.78, 5) is 10.3. The van der Waals surface area contributed by atoms with Crippen LogP contribution in [0, 0.1) is 11.8 Å². The topological polar surface area (TPSA) is 26.3 Å². The quantitative estimate of drug-likeness (QED) is 0.489. The Labute approximate surface area is 99.1 Å². The molecule has 0 heterocycles. The van der Waals surface area contributed by atoms with E-state index in [1.54, 1.807) is 0 Å². The lowest BCUT2D eigenvalue weighted by molar-refractivity contribution is -0.114. The molecule has 0 aromatic heterocycles. The van der Waals surface area contributed by atoms with Gasteiger partial charge in [-0.25, -0.2) is 0 Å². The van der Waals surface area contributed by atoms with E-state index in [1.165, 1.54) is 38.5 Å². The zero-order valence-electron chi connectivity index (χ0n) is 10.4. The zero-order chi connectivity index (χ0) is 11.8. The van der Waals surface area contributed by atoms with Gasteiger partial charge < -0.3 is 9.53 Å². The van der Waals surface area contributed by atoms with E-state index in [2.05, 4.69) is 13.5 Å². The first-order valence-corrected chi connectivity index (χ1v) is 6.49. The summed E-state index contributed by atoms with van der Waals surface area (Å²) in [5.74, 6) is 1.49. The van der Waals surface area contributed by atoms with Crippen molar-refractivity contribution in [2.24, 2.45) is 11.8 Å². The molecule has 0 aliphatic heterocycles. The van der Waals surface area contributed by atoms with Gasteiger partial charge in [0.05, 0.1) is 6.10 Å². The number of carbonyl (C=O) groups is 1. The molecule has 0 aromatic rings. The van der Waals surface area contributed by atoms with Crippen LogP contribution in [0.5, 0.6) is 0 Å². The predicted octanol–water partition coefficient (Wildman–Crippen LogP) is 3.36. The molecule has 1 atom stereocenters. The highest BCUT2D eigenvalue weighted by atomic mass is 16.5. The lowest BCUT2D eigenvalue weighted by Gasteiger charge is -2.32. The minimum absolute atomic E-state index is 0.0766. The molecule has 16 heavy (non-hydrogen) atoms. The molecule has 1 unspecified atom stereocenters. The van der Waals surface area contributed by atoms with Gasteiger partial charge >= 0.3 is 0 Å². The Morgan fingerprint density at radius 3 is 2.56 bits per heavy atom. The predicted molar refractivity (Wildman–Crippen MR) is 66.4 cm³/mol. The van der Waals surface area contributed by atoms with Gasteiger partial charge in [-0.1, -0.05) is 38.7 Å². The van der Waals surface area contributed by atoms with Crippen molar-refractivity contribution in [3.8, 4) is 0 Å². The molecule has 1 rings (SSSR count). The molecule has 1 saturated carbocycles. The van der Waals surface area contributed by atoms with Gasteiger partial charge in [0.15, 0.2) is 0 Å². The molecule has 1 aliphatic carbocycles. The van der Waals surface area contributed by atoms with Gasteiger partial charge in [-0.05, 0) is 24.7 Å². The maximum absolute atomic E-state index is 10.3. The van der Waals surface area contributed by atoms with Crippen LogP contribution in [0.1, 0.15) is 45.4 Å². The molecule has 0 N–H and O–H groups in total. The van der Waals surface area contributed by atoms with Crippen LogP contribution in [0.15, 0.2) is 12.7 Å². The summed E-state index contributed by atoms with van der Waals surface area (Å²) in [6.45, 7) is 6.26. The molecule has 0 saturated heterocycles. The van der Waals surface area contributed by atoms with E-state index < -0.39 is 0 Å². The molecule has 2 nitrogen and oxygen atoms in total. The molecular formula is C14H24O2. The molecule has 92 valence electrons. The van der Waals surface area contributed by atoms with Gasteiger partial charge in [-0.3, -0.25) is 0 Å². The maximum atomic E-state index is 10.3. The number of carbonyl (C=O) groups excluding carboxylic acids is 1. The first kappa shape index (κ1) is 13.4. The Kier molecular flexibility index (Phi) is 6.39. The summed E-state index contributed by atoms with van der Waals surface area (Å²) in [5, 5.41) is 0. The normalized spacial score (nSPS) is 27.3. The van der Waals surface area contributed by atoms with E-state index in [-0.39, 0.29) is 12.7 Å². The van der Waals surface area contributed by atoms with Crippen LogP contribution in [0.25, 0.3) is 0 Å². The van der Waals surface area contributed by atoms with Crippen LogP contribution in [-0.2, 0) is 9.53 Å². The van der Waals surface area contributed by atoms with Crippen LogP contribution in [0.3, 0.4) is 0 Å². The average molecular weight is 224 g/mol. The third kappa shape index (κ3) is 4.09. The highest BCUT2D eigenvalue weighted by molar-refractivity contribution is 5.50. The highest BCUT2D eigenvalue weighted by Gasteiger charge is 2.25. The summed E-state index contributed by atoms with van der Waals surface area (Å²) < 4.78 is 5.49. The van der Waals surface area contributed by atoms with Crippen LogP contribution in [0.2, 0.25) is 0 Å². The fourth-order valence-corrected chi connectivity index (χ4v) is 2.76.